The molecule has 0 saturated heterocycles. The molecule has 15 heavy (non-hydrogen) atoms. The van der Waals surface area contributed by atoms with Crippen molar-refractivity contribution in [2.24, 2.45) is 0 Å². The van der Waals surface area contributed by atoms with Gasteiger partial charge in [-0.2, -0.15) is 5.26 Å². The number of nitrogens with zero attached hydrogens (tertiary/aromatic N) is 1. The van der Waals surface area contributed by atoms with Crippen LogP contribution < -0.4 is 0 Å². The smallest absolute Gasteiger partial charge is 0.346 e. The van der Waals surface area contributed by atoms with Crippen LogP contribution in [0.25, 0.3) is 6.08 Å². The molecule has 4 nitrogen and oxygen atoms in total. The standard InChI is InChI=1S/C10H6ClNO3/c11-8-4-6(1-2-9(8)13)3-7(5-12)10(14)15/h1-4,13H,(H,14,15)/b7-3+. The fraction of sp³-hybridized carbons (Fsp3) is 0. The average molecular weight is 224 g/mol. The SMILES string of the molecule is N#C/C(=C\c1ccc(O)c(Cl)c1)C(=O)O. The molecule has 0 aliphatic rings. The van der Waals surface area contributed by atoms with Gasteiger partial charge in [-0.05, 0) is 23.8 Å². The van der Waals surface area contributed by atoms with E-state index in [9.17, 15) is 4.79 Å². The molecular weight excluding hydrogens is 218 g/mol. The van der Waals surface area contributed by atoms with E-state index in [-0.39, 0.29) is 10.8 Å². The lowest BCUT2D eigenvalue weighted by Crippen LogP contribution is -1.97. The molecule has 0 spiro atoms. The van der Waals surface area contributed by atoms with Crippen LogP contribution in [-0.4, -0.2) is 16.2 Å². The Morgan fingerprint density at radius 1 is 1.53 bits per heavy atom. The number of phenolic OH excluding ortho intramolecular Hbond substituents is 1. The molecule has 1 aromatic carbocycles. The highest BCUT2D eigenvalue weighted by molar-refractivity contribution is 6.32. The fourth-order valence-corrected chi connectivity index (χ4v) is 1.11. The first-order valence-corrected chi connectivity index (χ1v) is 4.26. The molecule has 0 bridgehead atoms. The van der Waals surface area contributed by atoms with Crippen molar-refractivity contribution < 1.29 is 15.0 Å². The van der Waals surface area contributed by atoms with E-state index < -0.39 is 11.5 Å². The van der Waals surface area contributed by atoms with E-state index >= 15 is 0 Å². The number of hydrogen-bond donors (Lipinski definition) is 2. The van der Waals surface area contributed by atoms with Crippen LogP contribution >= 0.6 is 11.6 Å². The number of aromatic hydroxyl groups is 1. The van der Waals surface area contributed by atoms with Crippen LogP contribution in [0.3, 0.4) is 0 Å². The van der Waals surface area contributed by atoms with Crippen molar-refractivity contribution in [2.75, 3.05) is 0 Å². The molecule has 0 fully saturated rings. The van der Waals surface area contributed by atoms with E-state index in [1.54, 1.807) is 6.07 Å². The normalized spacial score (nSPS) is 10.8. The van der Waals surface area contributed by atoms with Gasteiger partial charge in [-0.1, -0.05) is 17.7 Å². The predicted octanol–water partition coefficient (Wildman–Crippen LogP) is 2.04. The molecule has 2 N–H and O–H groups in total. The van der Waals surface area contributed by atoms with Gasteiger partial charge in [0, 0.05) is 0 Å². The highest BCUT2D eigenvalue weighted by Gasteiger charge is 2.06. The summed E-state index contributed by atoms with van der Waals surface area (Å²) in [4.78, 5) is 10.5. The molecule has 0 radical (unpaired) electrons. The zero-order valence-corrected chi connectivity index (χ0v) is 8.19. The summed E-state index contributed by atoms with van der Waals surface area (Å²) in [5.74, 6) is -1.40. The molecule has 0 saturated carbocycles. The third-order valence-corrected chi connectivity index (χ3v) is 1.94. The number of carbonyl (C=O) groups is 1. The summed E-state index contributed by atoms with van der Waals surface area (Å²) in [6.07, 6.45) is 1.17. The van der Waals surface area contributed by atoms with Crippen molar-refractivity contribution in [1.82, 2.24) is 0 Å². The molecule has 0 atom stereocenters. The maximum Gasteiger partial charge on any atom is 0.346 e. The Balaban J connectivity index is 3.14. The largest absolute Gasteiger partial charge is 0.506 e. The summed E-state index contributed by atoms with van der Waals surface area (Å²) in [7, 11) is 0. The second kappa shape index (κ2) is 4.49. The average Bonchev–Trinajstić information content (AvgIpc) is 2.19. The minimum absolute atomic E-state index is 0.0948. The molecule has 0 aliphatic heterocycles. The topological polar surface area (TPSA) is 81.3 Å². The summed E-state index contributed by atoms with van der Waals surface area (Å²) < 4.78 is 0. The van der Waals surface area contributed by atoms with Crippen molar-refractivity contribution in [3.63, 3.8) is 0 Å². The molecule has 76 valence electrons. The Morgan fingerprint density at radius 2 is 2.20 bits per heavy atom. The van der Waals surface area contributed by atoms with Gasteiger partial charge in [0.1, 0.15) is 17.4 Å². The monoisotopic (exact) mass is 223 g/mol. The number of nitriles is 1. The van der Waals surface area contributed by atoms with Crippen molar-refractivity contribution in [1.29, 1.82) is 5.26 Å². The van der Waals surface area contributed by atoms with Gasteiger partial charge in [-0.25, -0.2) is 4.79 Å². The lowest BCUT2D eigenvalue weighted by Gasteiger charge is -1.98. The minimum atomic E-state index is -1.30. The number of phenols is 1. The van der Waals surface area contributed by atoms with Gasteiger partial charge in [0.25, 0.3) is 0 Å². The lowest BCUT2D eigenvalue weighted by molar-refractivity contribution is -0.132. The fourth-order valence-electron chi connectivity index (χ4n) is 0.921. The van der Waals surface area contributed by atoms with Crippen LogP contribution in [0.4, 0.5) is 0 Å². The first-order chi connectivity index (χ1) is 7.04. The maximum absolute atomic E-state index is 10.5. The number of halogens is 1. The number of rotatable bonds is 2. The van der Waals surface area contributed by atoms with Gasteiger partial charge in [0.2, 0.25) is 0 Å². The zero-order chi connectivity index (χ0) is 11.4. The van der Waals surface area contributed by atoms with E-state index in [1.165, 1.54) is 24.3 Å². The van der Waals surface area contributed by atoms with Gasteiger partial charge in [0.05, 0.1) is 5.02 Å². The first-order valence-electron chi connectivity index (χ1n) is 3.88. The summed E-state index contributed by atoms with van der Waals surface area (Å²) in [5.41, 5.74) is 0.0495. The second-order valence-corrected chi connectivity index (χ2v) is 3.09. The summed E-state index contributed by atoms with van der Waals surface area (Å²) >= 11 is 5.61. The van der Waals surface area contributed by atoms with Crippen LogP contribution in [0, 0.1) is 11.3 Å². The molecule has 0 aromatic heterocycles. The van der Waals surface area contributed by atoms with Crippen molar-refractivity contribution in [3.05, 3.63) is 34.4 Å². The number of hydrogen-bond acceptors (Lipinski definition) is 3. The molecule has 0 unspecified atom stereocenters. The van der Waals surface area contributed by atoms with Crippen molar-refractivity contribution in [3.8, 4) is 11.8 Å². The van der Waals surface area contributed by atoms with Gasteiger partial charge in [-0.15, -0.1) is 0 Å². The molecule has 0 amide bonds. The molecule has 5 heteroatoms. The zero-order valence-electron chi connectivity index (χ0n) is 7.44. The Hall–Kier alpha value is -1.99. The molecule has 1 rings (SSSR count). The summed E-state index contributed by atoms with van der Waals surface area (Å²) in [5, 5.41) is 26.3. The van der Waals surface area contributed by atoms with E-state index in [0.717, 1.165) is 0 Å². The Labute approximate surface area is 90.6 Å². The van der Waals surface area contributed by atoms with E-state index in [4.69, 9.17) is 27.1 Å². The van der Waals surface area contributed by atoms with Crippen LogP contribution in [0.1, 0.15) is 5.56 Å². The highest BCUT2D eigenvalue weighted by Crippen LogP contribution is 2.24. The third kappa shape index (κ3) is 2.73. The Bertz CT molecular complexity index is 474. The summed E-state index contributed by atoms with van der Waals surface area (Å²) in [6.45, 7) is 0. The van der Waals surface area contributed by atoms with Crippen LogP contribution in [0.15, 0.2) is 23.8 Å². The maximum atomic E-state index is 10.5. The number of aliphatic carboxylic acids is 1. The number of carboxylic acids is 1. The third-order valence-electron chi connectivity index (χ3n) is 1.63. The van der Waals surface area contributed by atoms with E-state index in [1.807, 2.05) is 0 Å². The number of benzene rings is 1. The van der Waals surface area contributed by atoms with Crippen LogP contribution in [0.2, 0.25) is 5.02 Å². The molecule has 1 aromatic rings. The Kier molecular flexibility index (Phi) is 3.32. The van der Waals surface area contributed by atoms with Crippen LogP contribution in [-0.2, 0) is 4.79 Å². The van der Waals surface area contributed by atoms with Gasteiger partial charge in [0.15, 0.2) is 0 Å². The molecular formula is C10H6ClNO3. The first kappa shape index (κ1) is 11.1. The van der Waals surface area contributed by atoms with Gasteiger partial charge < -0.3 is 10.2 Å². The highest BCUT2D eigenvalue weighted by atomic mass is 35.5. The van der Waals surface area contributed by atoms with Crippen molar-refractivity contribution in [2.45, 2.75) is 0 Å². The molecule has 0 heterocycles. The quantitative estimate of drug-likeness (QED) is 0.594. The van der Waals surface area contributed by atoms with E-state index in [0.29, 0.717) is 5.56 Å². The summed E-state index contributed by atoms with van der Waals surface area (Å²) in [6, 6.07) is 5.70. The van der Waals surface area contributed by atoms with Crippen LogP contribution in [0.5, 0.6) is 5.75 Å². The minimum Gasteiger partial charge on any atom is -0.506 e. The second-order valence-electron chi connectivity index (χ2n) is 2.69. The predicted molar refractivity (Wildman–Crippen MR) is 54.3 cm³/mol. The Morgan fingerprint density at radius 3 is 2.67 bits per heavy atom. The molecule has 0 aliphatic carbocycles. The van der Waals surface area contributed by atoms with E-state index in [2.05, 4.69) is 0 Å². The van der Waals surface area contributed by atoms with Crippen molar-refractivity contribution >= 4 is 23.6 Å². The lowest BCUT2D eigenvalue weighted by atomic mass is 10.1. The van der Waals surface area contributed by atoms with Gasteiger partial charge in [-0.3, -0.25) is 0 Å². The number of carboxylic acid groups (broad SMARTS) is 1. The van der Waals surface area contributed by atoms with Gasteiger partial charge >= 0.3 is 5.97 Å².